The van der Waals surface area contributed by atoms with Crippen LogP contribution in [0.1, 0.15) is 141 Å². The summed E-state index contributed by atoms with van der Waals surface area (Å²) in [7, 11) is 0. The second-order valence-electron chi connectivity index (χ2n) is 11.1. The fourth-order valence-corrected chi connectivity index (χ4v) is 5.38. The molecule has 0 aromatic heterocycles. The number of rotatable bonds is 25. The van der Waals surface area contributed by atoms with Crippen molar-refractivity contribution >= 4 is 34.2 Å². The summed E-state index contributed by atoms with van der Waals surface area (Å²) in [4.78, 5) is 1.40. The molecule has 0 radical (unpaired) electrons. The molecule has 0 spiro atoms. The van der Waals surface area contributed by atoms with Crippen LogP contribution in [0.25, 0.3) is 0 Å². The van der Waals surface area contributed by atoms with Crippen LogP contribution in [0.2, 0.25) is 0 Å². The Morgan fingerprint density at radius 1 is 0.425 bits per heavy atom. The van der Waals surface area contributed by atoms with E-state index < -0.39 is 0 Å². The third kappa shape index (κ3) is 15.3. The normalized spacial score (nSPS) is 10.9. The first-order valence-electron chi connectivity index (χ1n) is 16.2. The van der Waals surface area contributed by atoms with Gasteiger partial charge >= 0.3 is 0 Å². The zero-order valence-electron chi connectivity index (χ0n) is 25.4. The van der Waals surface area contributed by atoms with Crippen molar-refractivity contribution in [2.45, 2.75) is 129 Å². The van der Waals surface area contributed by atoms with E-state index in [-0.39, 0.29) is 0 Å². The van der Waals surface area contributed by atoms with Crippen LogP contribution in [0.3, 0.4) is 0 Å². The Kier molecular flexibility index (Phi) is 19.7. The summed E-state index contributed by atoms with van der Waals surface area (Å²) in [6, 6.07) is 16.1. The molecule has 0 aliphatic carbocycles. The highest BCUT2D eigenvalue weighted by Crippen LogP contribution is 2.19. The second-order valence-corrected chi connectivity index (χ2v) is 11.9. The summed E-state index contributed by atoms with van der Waals surface area (Å²) >= 11 is 11.4. The predicted octanol–water partition coefficient (Wildman–Crippen LogP) is 11.6. The van der Waals surface area contributed by atoms with Crippen molar-refractivity contribution in [3.8, 4) is 11.5 Å². The van der Waals surface area contributed by atoms with Crippen LogP contribution in [-0.4, -0.2) is 22.9 Å². The molecule has 0 fully saturated rings. The van der Waals surface area contributed by atoms with Crippen molar-refractivity contribution in [1.29, 1.82) is 0 Å². The smallest absolute Gasteiger partial charge is 0.119 e. The van der Waals surface area contributed by atoms with Gasteiger partial charge in [0.05, 0.1) is 22.9 Å². The Morgan fingerprint density at radius 2 is 0.700 bits per heavy atom. The van der Waals surface area contributed by atoms with Crippen molar-refractivity contribution in [1.82, 2.24) is 0 Å². The van der Waals surface area contributed by atoms with Gasteiger partial charge in [-0.2, -0.15) is 0 Å². The number of hydrogen-bond donors (Lipinski definition) is 0. The van der Waals surface area contributed by atoms with E-state index in [4.69, 9.17) is 33.9 Å². The summed E-state index contributed by atoms with van der Waals surface area (Å²) in [5.74, 6) is 1.79. The molecular weight excluding hydrogens is 529 g/mol. The number of unbranched alkanes of at least 4 members (excludes halogenated alkanes) is 16. The standard InChI is InChI=1S/C36H54O2S2/c1-3-5-7-9-11-13-15-17-19-29-37-33-25-21-31(22-26-33)35(39)36(40)32-23-27-34(28-24-32)38-30-20-18-16-14-12-10-8-6-4-2/h21-28H,3-20,29-30H2,1-2H3. The minimum atomic E-state index is 0.698. The summed E-state index contributed by atoms with van der Waals surface area (Å²) in [5, 5.41) is 0. The second kappa shape index (κ2) is 22.9. The Balaban J connectivity index is 1.61. The van der Waals surface area contributed by atoms with E-state index in [1.807, 2.05) is 48.5 Å². The maximum absolute atomic E-state index is 5.95. The molecule has 0 amide bonds. The highest BCUT2D eigenvalue weighted by Gasteiger charge is 2.11. The van der Waals surface area contributed by atoms with Crippen LogP contribution in [0, 0.1) is 0 Å². The van der Waals surface area contributed by atoms with E-state index in [1.54, 1.807) is 0 Å². The molecule has 0 atom stereocenters. The van der Waals surface area contributed by atoms with Crippen LogP contribution in [0.5, 0.6) is 11.5 Å². The summed E-state index contributed by atoms with van der Waals surface area (Å²) in [5.41, 5.74) is 1.92. The lowest BCUT2D eigenvalue weighted by Gasteiger charge is -2.10. The van der Waals surface area contributed by atoms with E-state index >= 15 is 0 Å². The van der Waals surface area contributed by atoms with E-state index in [0.29, 0.717) is 9.73 Å². The predicted molar refractivity (Wildman–Crippen MR) is 182 cm³/mol. The lowest BCUT2D eigenvalue weighted by Crippen LogP contribution is -2.12. The quantitative estimate of drug-likeness (QED) is 0.0658. The molecule has 0 aliphatic heterocycles. The molecular formula is C36H54O2S2. The average Bonchev–Trinajstić information content (AvgIpc) is 2.99. The molecule has 0 bridgehead atoms. The van der Waals surface area contributed by atoms with Gasteiger partial charge in [-0.05, 0) is 72.5 Å². The average molecular weight is 583 g/mol. The zero-order valence-corrected chi connectivity index (χ0v) is 27.0. The summed E-state index contributed by atoms with van der Waals surface area (Å²) < 4.78 is 11.9. The maximum atomic E-state index is 5.95. The molecule has 2 nitrogen and oxygen atoms in total. The van der Waals surface area contributed by atoms with Crippen LogP contribution in [0.15, 0.2) is 48.5 Å². The van der Waals surface area contributed by atoms with Gasteiger partial charge in [-0.3, -0.25) is 0 Å². The number of thiocarbonyl (C=S) groups is 2. The van der Waals surface area contributed by atoms with Crippen LogP contribution in [0.4, 0.5) is 0 Å². The first-order valence-corrected chi connectivity index (χ1v) is 17.0. The minimum absolute atomic E-state index is 0.698. The lowest BCUT2D eigenvalue weighted by atomic mass is 10.0. The van der Waals surface area contributed by atoms with Gasteiger partial charge in [0.25, 0.3) is 0 Å². The molecule has 0 saturated heterocycles. The Hall–Kier alpha value is -1.78. The Labute approximate surface area is 256 Å². The molecule has 0 N–H and O–H groups in total. The molecule has 2 aromatic carbocycles. The Morgan fingerprint density at radius 3 is 1.00 bits per heavy atom. The van der Waals surface area contributed by atoms with Crippen molar-refractivity contribution < 1.29 is 9.47 Å². The molecule has 40 heavy (non-hydrogen) atoms. The summed E-state index contributed by atoms with van der Waals surface area (Å²) in [6.45, 7) is 6.08. The molecule has 0 heterocycles. The number of hydrogen-bond acceptors (Lipinski definition) is 4. The van der Waals surface area contributed by atoms with E-state index in [0.717, 1.165) is 48.7 Å². The first kappa shape index (κ1) is 34.4. The minimum Gasteiger partial charge on any atom is -0.494 e. The van der Waals surface area contributed by atoms with Gasteiger partial charge in [-0.25, -0.2) is 0 Å². The van der Waals surface area contributed by atoms with Crippen LogP contribution < -0.4 is 9.47 Å². The molecule has 0 saturated carbocycles. The van der Waals surface area contributed by atoms with Crippen molar-refractivity contribution in [2.24, 2.45) is 0 Å². The van der Waals surface area contributed by atoms with Gasteiger partial charge in [0.2, 0.25) is 0 Å². The van der Waals surface area contributed by atoms with Crippen molar-refractivity contribution in [3.05, 3.63) is 59.7 Å². The molecule has 0 unspecified atom stereocenters. The number of ether oxygens (including phenoxy) is 2. The van der Waals surface area contributed by atoms with Crippen LogP contribution >= 0.6 is 24.4 Å². The largest absolute Gasteiger partial charge is 0.494 e. The van der Waals surface area contributed by atoms with Crippen molar-refractivity contribution in [3.63, 3.8) is 0 Å². The van der Waals surface area contributed by atoms with Gasteiger partial charge in [-0.1, -0.05) is 141 Å². The molecule has 222 valence electrons. The fraction of sp³-hybridized carbons (Fsp3) is 0.611. The third-order valence-corrected chi connectivity index (χ3v) is 8.48. The number of benzene rings is 2. The van der Waals surface area contributed by atoms with Crippen LogP contribution in [-0.2, 0) is 0 Å². The maximum Gasteiger partial charge on any atom is 0.119 e. The third-order valence-electron chi connectivity index (χ3n) is 7.47. The Bertz CT molecular complexity index is 843. The van der Waals surface area contributed by atoms with E-state index in [1.165, 1.54) is 103 Å². The van der Waals surface area contributed by atoms with Gasteiger partial charge in [0.1, 0.15) is 11.5 Å². The molecule has 2 rings (SSSR count). The van der Waals surface area contributed by atoms with E-state index in [2.05, 4.69) is 13.8 Å². The molecule has 4 heteroatoms. The van der Waals surface area contributed by atoms with Crippen molar-refractivity contribution in [2.75, 3.05) is 13.2 Å². The highest BCUT2D eigenvalue weighted by molar-refractivity contribution is 7.90. The molecule has 2 aromatic rings. The van der Waals surface area contributed by atoms with E-state index in [9.17, 15) is 0 Å². The van der Waals surface area contributed by atoms with Gasteiger partial charge in [0, 0.05) is 0 Å². The van der Waals surface area contributed by atoms with Gasteiger partial charge in [0.15, 0.2) is 0 Å². The molecule has 0 aliphatic rings. The topological polar surface area (TPSA) is 18.5 Å². The summed E-state index contributed by atoms with van der Waals surface area (Å²) in [6.07, 6.45) is 23.8. The SMILES string of the molecule is CCCCCCCCCCCOc1ccc(C(=S)C(=S)c2ccc(OCCCCCCCCCCC)cc2)cc1. The monoisotopic (exact) mass is 582 g/mol. The first-order chi connectivity index (χ1) is 19.7. The highest BCUT2D eigenvalue weighted by atomic mass is 32.1. The van der Waals surface area contributed by atoms with Gasteiger partial charge in [-0.15, -0.1) is 0 Å². The van der Waals surface area contributed by atoms with Gasteiger partial charge < -0.3 is 9.47 Å². The fourth-order valence-electron chi connectivity index (χ4n) is 4.87. The zero-order chi connectivity index (χ0) is 28.7. The lowest BCUT2D eigenvalue weighted by molar-refractivity contribution is 0.304.